The monoisotopic (exact) mass is 486 g/mol. The van der Waals surface area contributed by atoms with Crippen molar-refractivity contribution in [1.82, 2.24) is 15.6 Å². The van der Waals surface area contributed by atoms with Gasteiger partial charge in [-0.05, 0) is 42.0 Å². The van der Waals surface area contributed by atoms with Gasteiger partial charge in [0.05, 0.1) is 6.61 Å². The molecule has 0 bridgehead atoms. The lowest BCUT2D eigenvalue weighted by Crippen LogP contribution is -2.36. The van der Waals surface area contributed by atoms with E-state index in [1.807, 2.05) is 42.6 Å². The van der Waals surface area contributed by atoms with Gasteiger partial charge in [0.25, 0.3) is 0 Å². The molecule has 0 unspecified atom stereocenters. The van der Waals surface area contributed by atoms with Crippen molar-refractivity contribution in [2.75, 3.05) is 13.7 Å². The highest BCUT2D eigenvalue weighted by atomic mass is 127. The molecule has 7 heteroatoms. The Morgan fingerprint density at radius 2 is 1.77 bits per heavy atom. The third-order valence-electron chi connectivity index (χ3n) is 4.02. The van der Waals surface area contributed by atoms with Crippen LogP contribution in [-0.4, -0.2) is 24.6 Å². The molecule has 0 amide bonds. The molecule has 0 atom stereocenters. The Hall–Kier alpha value is -1.54. The third-order valence-corrected chi connectivity index (χ3v) is 4.27. The Morgan fingerprint density at radius 1 is 1.12 bits per heavy atom. The first-order valence-corrected chi connectivity index (χ1v) is 8.87. The van der Waals surface area contributed by atoms with E-state index in [-0.39, 0.29) is 24.0 Å². The maximum Gasteiger partial charge on any atom is 0.213 e. The maximum absolute atomic E-state index is 5.90. The zero-order chi connectivity index (χ0) is 17.5. The first-order chi connectivity index (χ1) is 12.2. The van der Waals surface area contributed by atoms with Gasteiger partial charge in [0.2, 0.25) is 5.88 Å². The fraction of sp³-hybridized carbons (Fsp3) is 0.368. The predicted octanol–water partition coefficient (Wildman–Crippen LogP) is 4.01. The fourth-order valence-electron chi connectivity index (χ4n) is 2.28. The number of aliphatic imine (C=N–C) groups is 1. The van der Waals surface area contributed by atoms with Crippen molar-refractivity contribution < 1.29 is 4.74 Å². The average molecular weight is 487 g/mol. The largest absolute Gasteiger partial charge is 0.477 e. The van der Waals surface area contributed by atoms with Crippen LogP contribution in [0.2, 0.25) is 5.02 Å². The number of halogens is 2. The van der Waals surface area contributed by atoms with Crippen molar-refractivity contribution >= 4 is 41.5 Å². The molecular formula is C19H24ClIN4O. The van der Waals surface area contributed by atoms with Gasteiger partial charge in [-0.3, -0.25) is 4.99 Å². The topological polar surface area (TPSA) is 58.5 Å². The van der Waals surface area contributed by atoms with Crippen LogP contribution in [-0.2, 0) is 13.1 Å². The van der Waals surface area contributed by atoms with Crippen molar-refractivity contribution in [2.24, 2.45) is 10.9 Å². The van der Waals surface area contributed by atoms with Crippen molar-refractivity contribution in [3.8, 4) is 5.88 Å². The SMILES string of the molecule is CN=C(NCc1ccc(Cl)cc1)NCc1ccc(OCC2CC2)nc1.I. The molecule has 2 aromatic rings. The number of ether oxygens (including phenoxy) is 1. The van der Waals surface area contributed by atoms with Gasteiger partial charge in [-0.2, -0.15) is 0 Å². The van der Waals surface area contributed by atoms with Crippen LogP contribution < -0.4 is 15.4 Å². The lowest BCUT2D eigenvalue weighted by atomic mass is 10.2. The standard InChI is InChI=1S/C19H23ClN4O.HI/c1-21-19(23-10-14-4-7-17(20)8-5-14)24-12-16-6-9-18(22-11-16)25-13-15-2-3-15;/h4-9,11,15H,2-3,10,12-13H2,1H3,(H2,21,23,24);1H. The number of pyridine rings is 1. The summed E-state index contributed by atoms with van der Waals surface area (Å²) in [6.45, 7) is 2.12. The van der Waals surface area contributed by atoms with E-state index in [0.29, 0.717) is 19.0 Å². The van der Waals surface area contributed by atoms with Crippen molar-refractivity contribution in [3.63, 3.8) is 0 Å². The molecule has 1 aliphatic carbocycles. The van der Waals surface area contributed by atoms with Gasteiger partial charge in [-0.1, -0.05) is 29.8 Å². The highest BCUT2D eigenvalue weighted by molar-refractivity contribution is 14.0. The highest BCUT2D eigenvalue weighted by Crippen LogP contribution is 2.29. The number of hydrogen-bond acceptors (Lipinski definition) is 3. The molecular weight excluding hydrogens is 463 g/mol. The van der Waals surface area contributed by atoms with Crippen molar-refractivity contribution in [3.05, 3.63) is 58.7 Å². The number of rotatable bonds is 7. The summed E-state index contributed by atoms with van der Waals surface area (Å²) < 4.78 is 5.65. The summed E-state index contributed by atoms with van der Waals surface area (Å²) in [5.74, 6) is 2.17. The second kappa shape index (κ2) is 10.6. The molecule has 1 saturated carbocycles. The second-order valence-electron chi connectivity index (χ2n) is 6.16. The van der Waals surface area contributed by atoms with Crippen LogP contribution in [0.3, 0.4) is 0 Å². The van der Waals surface area contributed by atoms with Crippen molar-refractivity contribution in [2.45, 2.75) is 25.9 Å². The van der Waals surface area contributed by atoms with E-state index < -0.39 is 0 Å². The number of hydrogen-bond donors (Lipinski definition) is 2. The Morgan fingerprint density at radius 3 is 2.35 bits per heavy atom. The molecule has 1 aromatic carbocycles. The van der Waals surface area contributed by atoms with Crippen LogP contribution in [0.4, 0.5) is 0 Å². The predicted molar refractivity (Wildman–Crippen MR) is 116 cm³/mol. The van der Waals surface area contributed by atoms with E-state index >= 15 is 0 Å². The van der Waals surface area contributed by atoms with Crippen LogP contribution in [0.5, 0.6) is 5.88 Å². The zero-order valence-corrected chi connectivity index (χ0v) is 17.8. The number of benzene rings is 1. The maximum atomic E-state index is 5.90. The van der Waals surface area contributed by atoms with Crippen LogP contribution >= 0.6 is 35.6 Å². The van der Waals surface area contributed by atoms with E-state index in [1.165, 1.54) is 12.8 Å². The third kappa shape index (κ3) is 6.99. The Balaban J connectivity index is 0.00000243. The van der Waals surface area contributed by atoms with Crippen LogP contribution in [0.15, 0.2) is 47.6 Å². The molecule has 0 aliphatic heterocycles. The molecule has 1 heterocycles. The summed E-state index contributed by atoms with van der Waals surface area (Å²) >= 11 is 5.90. The number of guanidine groups is 1. The van der Waals surface area contributed by atoms with E-state index in [0.717, 1.165) is 34.6 Å². The molecule has 1 aromatic heterocycles. The lowest BCUT2D eigenvalue weighted by molar-refractivity contribution is 0.288. The van der Waals surface area contributed by atoms with Gasteiger partial charge in [0.1, 0.15) is 0 Å². The summed E-state index contributed by atoms with van der Waals surface area (Å²) in [7, 11) is 1.75. The number of aromatic nitrogens is 1. The minimum Gasteiger partial charge on any atom is -0.477 e. The fourth-order valence-corrected chi connectivity index (χ4v) is 2.41. The van der Waals surface area contributed by atoms with E-state index in [1.54, 1.807) is 7.05 Å². The first-order valence-electron chi connectivity index (χ1n) is 8.49. The van der Waals surface area contributed by atoms with Crippen LogP contribution in [0.25, 0.3) is 0 Å². The van der Waals surface area contributed by atoms with Gasteiger partial charge in [0, 0.05) is 37.4 Å². The summed E-state index contributed by atoms with van der Waals surface area (Å²) in [6, 6.07) is 11.7. The van der Waals surface area contributed by atoms with Gasteiger partial charge in [-0.25, -0.2) is 4.98 Å². The lowest BCUT2D eigenvalue weighted by Gasteiger charge is -2.12. The van der Waals surface area contributed by atoms with Gasteiger partial charge >= 0.3 is 0 Å². The number of nitrogens with one attached hydrogen (secondary N) is 2. The summed E-state index contributed by atoms with van der Waals surface area (Å²) in [6.07, 6.45) is 4.40. The Bertz CT molecular complexity index is 702. The second-order valence-corrected chi connectivity index (χ2v) is 6.60. The summed E-state index contributed by atoms with van der Waals surface area (Å²) in [5.41, 5.74) is 2.22. The normalized spacial score (nSPS) is 13.7. The van der Waals surface area contributed by atoms with Gasteiger partial charge < -0.3 is 15.4 Å². The van der Waals surface area contributed by atoms with Gasteiger partial charge in [0.15, 0.2) is 5.96 Å². The number of nitrogens with zero attached hydrogens (tertiary/aromatic N) is 2. The van der Waals surface area contributed by atoms with Crippen LogP contribution in [0, 0.1) is 5.92 Å². The van der Waals surface area contributed by atoms with E-state index in [9.17, 15) is 0 Å². The molecule has 0 spiro atoms. The molecule has 2 N–H and O–H groups in total. The first kappa shape index (κ1) is 20.8. The Kier molecular flexibility index (Phi) is 8.44. The Labute approximate surface area is 176 Å². The summed E-state index contributed by atoms with van der Waals surface area (Å²) in [5, 5.41) is 7.30. The average Bonchev–Trinajstić information content (AvgIpc) is 3.47. The molecule has 1 fully saturated rings. The van der Waals surface area contributed by atoms with Crippen molar-refractivity contribution in [1.29, 1.82) is 0 Å². The molecule has 140 valence electrons. The van der Waals surface area contributed by atoms with Crippen LogP contribution in [0.1, 0.15) is 24.0 Å². The van der Waals surface area contributed by atoms with E-state index in [4.69, 9.17) is 16.3 Å². The zero-order valence-electron chi connectivity index (χ0n) is 14.7. The smallest absolute Gasteiger partial charge is 0.213 e. The molecule has 5 nitrogen and oxygen atoms in total. The quantitative estimate of drug-likeness (QED) is 0.353. The molecule has 1 aliphatic rings. The molecule has 0 saturated heterocycles. The van der Waals surface area contributed by atoms with E-state index in [2.05, 4.69) is 20.6 Å². The van der Waals surface area contributed by atoms with Gasteiger partial charge in [-0.15, -0.1) is 24.0 Å². The minimum absolute atomic E-state index is 0. The highest BCUT2D eigenvalue weighted by Gasteiger charge is 2.21. The molecule has 26 heavy (non-hydrogen) atoms. The molecule has 3 rings (SSSR count). The minimum atomic E-state index is 0. The summed E-state index contributed by atoms with van der Waals surface area (Å²) in [4.78, 5) is 8.58. The molecule has 0 radical (unpaired) electrons.